The van der Waals surface area contributed by atoms with Crippen LogP contribution in [0.1, 0.15) is 17.1 Å². The fourth-order valence-corrected chi connectivity index (χ4v) is 4.03. The fraction of sp³-hybridized carbons (Fsp3) is 0.115. The molecule has 0 spiro atoms. The van der Waals surface area contributed by atoms with Crippen LogP contribution in [0.25, 0.3) is 33.2 Å². The third kappa shape index (κ3) is 3.66. The number of aryl methyl sites for hydroxylation is 2. The normalized spacial score (nSPS) is 11.0. The zero-order chi connectivity index (χ0) is 21.2. The van der Waals surface area contributed by atoms with Gasteiger partial charge in [0.05, 0.1) is 23.6 Å². The molecule has 0 saturated carbocycles. The van der Waals surface area contributed by atoms with Crippen LogP contribution in [0.3, 0.4) is 0 Å². The predicted octanol–water partition coefficient (Wildman–Crippen LogP) is 5.92. The van der Waals surface area contributed by atoms with E-state index in [0.717, 1.165) is 50.5 Å². The fourth-order valence-electron chi connectivity index (χ4n) is 4.03. The molecule has 0 saturated heterocycles. The summed E-state index contributed by atoms with van der Waals surface area (Å²) in [6.07, 6.45) is 1.81. The first kappa shape index (κ1) is 19.0. The molecule has 152 valence electrons. The number of fused-ring (bicyclic) bond motifs is 1. The lowest BCUT2D eigenvalue weighted by atomic mass is 9.97. The van der Waals surface area contributed by atoms with E-state index in [-0.39, 0.29) is 0 Å². The average molecular weight is 406 g/mol. The molecule has 31 heavy (non-hydrogen) atoms. The van der Waals surface area contributed by atoms with E-state index >= 15 is 0 Å². The third-order valence-electron chi connectivity index (χ3n) is 5.49. The summed E-state index contributed by atoms with van der Waals surface area (Å²) in [5.41, 5.74) is 7.20. The molecule has 2 aromatic carbocycles. The van der Waals surface area contributed by atoms with Crippen LogP contribution >= 0.6 is 0 Å². The van der Waals surface area contributed by atoms with E-state index < -0.39 is 0 Å². The van der Waals surface area contributed by atoms with E-state index in [1.807, 2.05) is 44.3 Å². The lowest BCUT2D eigenvalue weighted by molar-refractivity contribution is 1.02. The molecule has 5 nitrogen and oxygen atoms in total. The van der Waals surface area contributed by atoms with Crippen molar-refractivity contribution in [2.24, 2.45) is 0 Å². The molecule has 3 aromatic heterocycles. The second kappa shape index (κ2) is 8.03. The van der Waals surface area contributed by atoms with Gasteiger partial charge in [0.2, 0.25) is 0 Å². The van der Waals surface area contributed by atoms with Crippen LogP contribution in [-0.2, 0) is 6.54 Å². The second-order valence-electron chi connectivity index (χ2n) is 7.61. The van der Waals surface area contributed by atoms with Gasteiger partial charge < -0.3 is 5.32 Å². The summed E-state index contributed by atoms with van der Waals surface area (Å²) in [7, 11) is 0. The number of hydrogen-bond acceptors (Lipinski definition) is 4. The highest BCUT2D eigenvalue weighted by Gasteiger charge is 2.16. The van der Waals surface area contributed by atoms with Gasteiger partial charge in [-0.1, -0.05) is 54.6 Å². The minimum atomic E-state index is 0.596. The van der Waals surface area contributed by atoms with E-state index in [4.69, 9.17) is 4.98 Å². The first-order chi connectivity index (χ1) is 15.2. The van der Waals surface area contributed by atoms with Gasteiger partial charge >= 0.3 is 0 Å². The molecule has 0 aliphatic heterocycles. The highest BCUT2D eigenvalue weighted by Crippen LogP contribution is 2.36. The molecular weight excluding hydrogens is 382 g/mol. The minimum Gasteiger partial charge on any atom is -0.364 e. The zero-order valence-electron chi connectivity index (χ0n) is 17.6. The molecule has 3 heterocycles. The number of nitrogens with zero attached hydrogens (tertiary/aromatic N) is 3. The van der Waals surface area contributed by atoms with Gasteiger partial charge in [-0.25, -0.2) is 4.98 Å². The predicted molar refractivity (Wildman–Crippen MR) is 126 cm³/mol. The van der Waals surface area contributed by atoms with Crippen molar-refractivity contribution in [1.82, 2.24) is 20.2 Å². The average Bonchev–Trinajstić information content (AvgIpc) is 3.16. The van der Waals surface area contributed by atoms with Gasteiger partial charge in [-0.05, 0) is 48.6 Å². The van der Waals surface area contributed by atoms with E-state index in [9.17, 15) is 0 Å². The molecule has 0 aliphatic carbocycles. The Hall–Kier alpha value is -3.99. The molecule has 0 atom stereocenters. The van der Waals surface area contributed by atoms with Gasteiger partial charge in [-0.3, -0.25) is 10.1 Å². The maximum absolute atomic E-state index is 5.07. The van der Waals surface area contributed by atoms with Gasteiger partial charge in [0.25, 0.3) is 0 Å². The van der Waals surface area contributed by atoms with Crippen molar-refractivity contribution >= 4 is 16.6 Å². The summed E-state index contributed by atoms with van der Waals surface area (Å²) in [6.45, 7) is 4.63. The van der Waals surface area contributed by atoms with E-state index in [1.165, 1.54) is 5.56 Å². The van der Waals surface area contributed by atoms with Crippen molar-refractivity contribution in [2.45, 2.75) is 20.4 Å². The molecule has 0 amide bonds. The van der Waals surface area contributed by atoms with Crippen molar-refractivity contribution in [1.29, 1.82) is 0 Å². The molecule has 5 rings (SSSR count). The van der Waals surface area contributed by atoms with Crippen molar-refractivity contribution in [2.75, 3.05) is 5.32 Å². The Labute approximate surface area is 181 Å². The Morgan fingerprint density at radius 3 is 2.48 bits per heavy atom. The molecule has 5 heteroatoms. The Balaban J connectivity index is 1.71. The van der Waals surface area contributed by atoms with Gasteiger partial charge in [-0.2, -0.15) is 5.10 Å². The van der Waals surface area contributed by atoms with Crippen LogP contribution in [0.4, 0.5) is 5.82 Å². The number of hydrogen-bond donors (Lipinski definition) is 2. The summed E-state index contributed by atoms with van der Waals surface area (Å²) in [6, 6.07) is 24.9. The van der Waals surface area contributed by atoms with Crippen molar-refractivity contribution in [3.05, 3.63) is 96.1 Å². The quantitative estimate of drug-likeness (QED) is 0.381. The second-order valence-corrected chi connectivity index (χ2v) is 7.61. The van der Waals surface area contributed by atoms with Crippen LogP contribution in [0.15, 0.2) is 79.0 Å². The minimum absolute atomic E-state index is 0.596. The van der Waals surface area contributed by atoms with E-state index in [0.29, 0.717) is 6.54 Å². The summed E-state index contributed by atoms with van der Waals surface area (Å²) >= 11 is 0. The maximum atomic E-state index is 5.07. The number of nitrogens with one attached hydrogen (secondary N) is 2. The Morgan fingerprint density at radius 2 is 1.74 bits per heavy atom. The zero-order valence-corrected chi connectivity index (χ0v) is 17.6. The van der Waals surface area contributed by atoms with Crippen LogP contribution < -0.4 is 5.32 Å². The van der Waals surface area contributed by atoms with Crippen LogP contribution in [0, 0.1) is 13.8 Å². The molecule has 0 unspecified atom stereocenters. The first-order valence-electron chi connectivity index (χ1n) is 10.4. The van der Waals surface area contributed by atoms with Crippen LogP contribution in [-0.4, -0.2) is 20.2 Å². The Bertz CT molecular complexity index is 1320. The Morgan fingerprint density at radius 1 is 0.903 bits per heavy atom. The van der Waals surface area contributed by atoms with Crippen molar-refractivity contribution < 1.29 is 0 Å². The number of H-pyrrole nitrogens is 1. The van der Waals surface area contributed by atoms with E-state index in [2.05, 4.69) is 69.0 Å². The lowest BCUT2D eigenvalue weighted by Crippen LogP contribution is -2.05. The largest absolute Gasteiger partial charge is 0.364 e. The van der Waals surface area contributed by atoms with Gasteiger partial charge in [0.1, 0.15) is 5.82 Å². The number of benzene rings is 2. The highest BCUT2D eigenvalue weighted by molar-refractivity contribution is 6.05. The summed E-state index contributed by atoms with van der Waals surface area (Å²) in [5, 5.41) is 13.2. The van der Waals surface area contributed by atoms with Gasteiger partial charge in [0.15, 0.2) is 0 Å². The number of anilines is 1. The molecular formula is C26H23N5. The van der Waals surface area contributed by atoms with Crippen molar-refractivity contribution in [3.8, 4) is 22.4 Å². The van der Waals surface area contributed by atoms with Gasteiger partial charge in [-0.15, -0.1) is 0 Å². The lowest BCUT2D eigenvalue weighted by Gasteiger charge is -2.15. The first-order valence-corrected chi connectivity index (χ1v) is 10.4. The molecule has 0 fully saturated rings. The highest BCUT2D eigenvalue weighted by atomic mass is 15.1. The molecule has 2 N–H and O–H groups in total. The van der Waals surface area contributed by atoms with Crippen LogP contribution in [0.2, 0.25) is 0 Å². The maximum Gasteiger partial charge on any atom is 0.135 e. The van der Waals surface area contributed by atoms with Crippen molar-refractivity contribution in [3.63, 3.8) is 0 Å². The molecule has 0 radical (unpaired) electrons. The number of rotatable bonds is 5. The third-order valence-corrected chi connectivity index (χ3v) is 5.49. The van der Waals surface area contributed by atoms with E-state index in [1.54, 1.807) is 0 Å². The number of aromatic nitrogens is 4. The number of aromatic amines is 1. The SMILES string of the molecule is Cc1n[nH]c(C)c1-c1cc2cccc(-c3ccccc3)c2c(NCc2ccccn2)n1. The summed E-state index contributed by atoms with van der Waals surface area (Å²) in [5.74, 6) is 0.845. The monoisotopic (exact) mass is 405 g/mol. The topological polar surface area (TPSA) is 66.5 Å². The standard InChI is InChI=1S/C26H23N5/c1-17-24(18(2)31-30-17)23-15-20-11-8-13-22(19-9-4-3-5-10-19)25(20)26(29-23)28-16-21-12-6-7-14-27-21/h3-15H,16H2,1-2H3,(H,28,29)(H,30,31). The summed E-state index contributed by atoms with van der Waals surface area (Å²) < 4.78 is 0. The molecule has 0 bridgehead atoms. The van der Waals surface area contributed by atoms with Gasteiger partial charge in [0, 0.05) is 22.8 Å². The smallest absolute Gasteiger partial charge is 0.135 e. The Kier molecular flexibility index (Phi) is 4.92. The number of pyridine rings is 2. The van der Waals surface area contributed by atoms with Crippen LogP contribution in [0.5, 0.6) is 0 Å². The molecule has 0 aliphatic rings. The molecule has 5 aromatic rings. The summed E-state index contributed by atoms with van der Waals surface area (Å²) in [4.78, 5) is 9.52.